The number of hydrogen-bond acceptors (Lipinski definition) is 0. The molecule has 0 unspecified atom stereocenters. The molecule has 2 aromatic heterocycles. The number of nitrogens with zero attached hydrogens (tertiary/aromatic N) is 2. The SMILES string of the molecule is C[n+]1ccn2ccccc21.Cl.[I-]. The van der Waals surface area contributed by atoms with Crippen molar-refractivity contribution in [3.63, 3.8) is 0 Å². The Kier molecular flexibility index (Phi) is 4.55. The predicted molar refractivity (Wildman–Crippen MR) is 45.8 cm³/mol. The van der Waals surface area contributed by atoms with E-state index in [0.717, 1.165) is 0 Å². The van der Waals surface area contributed by atoms with Crippen LogP contribution in [0.1, 0.15) is 0 Å². The van der Waals surface area contributed by atoms with E-state index in [9.17, 15) is 0 Å². The molecule has 0 saturated heterocycles. The smallest absolute Gasteiger partial charge is 0.285 e. The lowest BCUT2D eigenvalue weighted by molar-refractivity contribution is -0.644. The number of pyridine rings is 1. The molecule has 2 heterocycles. The highest BCUT2D eigenvalue weighted by Crippen LogP contribution is 1.94. The molecular formula is C8H10ClIN2. The highest BCUT2D eigenvalue weighted by Gasteiger charge is 2.00. The van der Waals surface area contributed by atoms with E-state index in [1.165, 1.54) is 5.65 Å². The van der Waals surface area contributed by atoms with Gasteiger partial charge in [0.25, 0.3) is 5.65 Å². The summed E-state index contributed by atoms with van der Waals surface area (Å²) in [6, 6.07) is 6.14. The lowest BCUT2D eigenvalue weighted by atomic mass is 10.5. The molecule has 0 spiro atoms. The Morgan fingerprint density at radius 3 is 2.67 bits per heavy atom. The van der Waals surface area contributed by atoms with Gasteiger partial charge in [-0.2, -0.15) is 0 Å². The van der Waals surface area contributed by atoms with Crippen molar-refractivity contribution in [1.82, 2.24) is 4.40 Å². The zero-order valence-electron chi connectivity index (χ0n) is 6.64. The average Bonchev–Trinajstić information content (AvgIpc) is 2.34. The zero-order valence-corrected chi connectivity index (χ0v) is 9.62. The van der Waals surface area contributed by atoms with Crippen LogP contribution in [0.3, 0.4) is 0 Å². The number of imidazole rings is 1. The van der Waals surface area contributed by atoms with Gasteiger partial charge in [-0.3, -0.25) is 0 Å². The van der Waals surface area contributed by atoms with Crippen molar-refractivity contribution in [3.8, 4) is 0 Å². The zero-order chi connectivity index (χ0) is 6.97. The second kappa shape index (κ2) is 4.67. The Balaban J connectivity index is 0.000000605. The Labute approximate surface area is 94.6 Å². The average molecular weight is 297 g/mol. The van der Waals surface area contributed by atoms with E-state index in [-0.39, 0.29) is 36.4 Å². The molecule has 0 aliphatic heterocycles. The lowest BCUT2D eigenvalue weighted by Gasteiger charge is -1.84. The normalized spacial score (nSPS) is 8.75. The summed E-state index contributed by atoms with van der Waals surface area (Å²) in [7, 11) is 2.04. The summed E-state index contributed by atoms with van der Waals surface area (Å²) >= 11 is 0. The fourth-order valence-electron chi connectivity index (χ4n) is 1.12. The molecule has 0 aromatic carbocycles. The number of rotatable bonds is 0. The molecule has 0 amide bonds. The second-order valence-electron chi connectivity index (χ2n) is 2.38. The Morgan fingerprint density at radius 1 is 1.25 bits per heavy atom. The van der Waals surface area contributed by atoms with Gasteiger partial charge in [0.05, 0.1) is 13.2 Å². The van der Waals surface area contributed by atoms with Gasteiger partial charge in [-0.1, -0.05) is 6.07 Å². The van der Waals surface area contributed by atoms with Crippen LogP contribution in [-0.4, -0.2) is 4.40 Å². The van der Waals surface area contributed by atoms with Gasteiger partial charge < -0.3 is 24.0 Å². The Bertz CT molecular complexity index is 359. The van der Waals surface area contributed by atoms with Gasteiger partial charge in [-0.25, -0.2) is 8.97 Å². The molecule has 0 atom stereocenters. The van der Waals surface area contributed by atoms with Crippen molar-refractivity contribution in [2.75, 3.05) is 0 Å². The van der Waals surface area contributed by atoms with E-state index < -0.39 is 0 Å². The number of hydrogen-bond donors (Lipinski definition) is 0. The maximum absolute atomic E-state index is 2.08. The summed E-state index contributed by atoms with van der Waals surface area (Å²) in [6.07, 6.45) is 6.11. The lowest BCUT2D eigenvalue weighted by Crippen LogP contribution is -3.00. The minimum Gasteiger partial charge on any atom is -1.00 e. The second-order valence-corrected chi connectivity index (χ2v) is 2.38. The molecule has 0 saturated carbocycles. The minimum atomic E-state index is 0. The monoisotopic (exact) mass is 296 g/mol. The first-order chi connectivity index (χ1) is 4.88. The summed E-state index contributed by atoms with van der Waals surface area (Å²) in [5, 5.41) is 0. The molecule has 0 aliphatic carbocycles. The summed E-state index contributed by atoms with van der Waals surface area (Å²) in [5.41, 5.74) is 1.21. The van der Waals surface area contributed by atoms with E-state index in [2.05, 4.69) is 15.0 Å². The van der Waals surface area contributed by atoms with Gasteiger partial charge in [-0.05, 0) is 6.07 Å². The first-order valence-corrected chi connectivity index (χ1v) is 3.29. The maximum atomic E-state index is 2.08. The molecular weight excluding hydrogens is 286 g/mol. The van der Waals surface area contributed by atoms with Crippen molar-refractivity contribution < 1.29 is 28.5 Å². The van der Waals surface area contributed by atoms with Gasteiger partial charge in [0.2, 0.25) is 0 Å². The van der Waals surface area contributed by atoms with Crippen molar-refractivity contribution >= 4 is 18.1 Å². The topological polar surface area (TPSA) is 8.29 Å². The van der Waals surface area contributed by atoms with Gasteiger partial charge in [-0.15, -0.1) is 12.4 Å². The molecule has 12 heavy (non-hydrogen) atoms. The van der Waals surface area contributed by atoms with Crippen molar-refractivity contribution in [2.24, 2.45) is 7.05 Å². The predicted octanol–water partition coefficient (Wildman–Crippen LogP) is -1.81. The van der Waals surface area contributed by atoms with Crippen LogP contribution in [0.5, 0.6) is 0 Å². The van der Waals surface area contributed by atoms with Crippen LogP contribution in [0.2, 0.25) is 0 Å². The quantitative estimate of drug-likeness (QED) is 0.400. The van der Waals surface area contributed by atoms with Crippen LogP contribution < -0.4 is 28.5 Å². The van der Waals surface area contributed by atoms with Gasteiger partial charge in [0.15, 0.2) is 0 Å². The van der Waals surface area contributed by atoms with E-state index >= 15 is 0 Å². The molecule has 4 heteroatoms. The standard InChI is InChI=1S/C8H9N2.ClH.HI/c1-9-6-7-10-5-3-2-4-8(9)10;;/h2-7H,1H3;2*1H/q+1;;/p-1. The van der Waals surface area contributed by atoms with Crippen molar-refractivity contribution in [3.05, 3.63) is 36.8 Å². The number of aryl methyl sites for hydroxylation is 1. The molecule has 2 aromatic rings. The van der Waals surface area contributed by atoms with E-state index in [1.54, 1.807) is 0 Å². The summed E-state index contributed by atoms with van der Waals surface area (Å²) < 4.78 is 4.17. The molecule has 66 valence electrons. The molecule has 2 nitrogen and oxygen atoms in total. The number of aromatic nitrogens is 2. The first-order valence-electron chi connectivity index (χ1n) is 3.29. The van der Waals surface area contributed by atoms with Crippen LogP contribution >= 0.6 is 12.4 Å². The van der Waals surface area contributed by atoms with Crippen molar-refractivity contribution in [2.45, 2.75) is 0 Å². The van der Waals surface area contributed by atoms with Gasteiger partial charge >= 0.3 is 0 Å². The number of fused-ring (bicyclic) bond motifs is 1. The highest BCUT2D eigenvalue weighted by molar-refractivity contribution is 5.85. The van der Waals surface area contributed by atoms with Gasteiger partial charge in [0, 0.05) is 6.07 Å². The molecule has 0 bridgehead atoms. The molecule has 0 N–H and O–H groups in total. The fourth-order valence-corrected chi connectivity index (χ4v) is 1.12. The van der Waals surface area contributed by atoms with Gasteiger partial charge in [0.1, 0.15) is 12.4 Å². The van der Waals surface area contributed by atoms with Crippen molar-refractivity contribution in [1.29, 1.82) is 0 Å². The van der Waals surface area contributed by atoms with Crippen LogP contribution in [-0.2, 0) is 7.05 Å². The van der Waals surface area contributed by atoms with Crippen LogP contribution in [0, 0.1) is 0 Å². The molecule has 0 radical (unpaired) electrons. The number of halogens is 2. The highest BCUT2D eigenvalue weighted by atomic mass is 127. The van der Waals surface area contributed by atoms with E-state index in [0.29, 0.717) is 0 Å². The summed E-state index contributed by atoms with van der Waals surface area (Å²) in [4.78, 5) is 0. The third-order valence-corrected chi connectivity index (χ3v) is 1.68. The van der Waals surface area contributed by atoms with E-state index in [1.807, 2.05) is 37.8 Å². The van der Waals surface area contributed by atoms with Crippen LogP contribution in [0.15, 0.2) is 36.8 Å². The van der Waals surface area contributed by atoms with Crippen LogP contribution in [0.25, 0.3) is 5.65 Å². The minimum absolute atomic E-state index is 0. The Hall–Kier alpha value is -0.290. The van der Waals surface area contributed by atoms with E-state index in [4.69, 9.17) is 0 Å². The first kappa shape index (κ1) is 11.7. The summed E-state index contributed by atoms with van der Waals surface area (Å²) in [5.74, 6) is 0. The van der Waals surface area contributed by atoms with Crippen LogP contribution in [0.4, 0.5) is 0 Å². The fraction of sp³-hybridized carbons (Fsp3) is 0.125. The third kappa shape index (κ3) is 1.90. The largest absolute Gasteiger partial charge is 1.00 e. The summed E-state index contributed by atoms with van der Waals surface area (Å²) in [6.45, 7) is 0. The maximum Gasteiger partial charge on any atom is 0.285 e. The third-order valence-electron chi connectivity index (χ3n) is 1.68. The molecule has 2 rings (SSSR count). The molecule has 0 fully saturated rings. The Morgan fingerprint density at radius 2 is 2.00 bits per heavy atom. The molecule has 0 aliphatic rings.